The molecule has 2 bridgehead atoms. The molecule has 3 aromatic carbocycles. The summed E-state index contributed by atoms with van der Waals surface area (Å²) in [6, 6.07) is 26.9. The molecule has 3 fully saturated rings. The van der Waals surface area contributed by atoms with Crippen molar-refractivity contribution in [2.45, 2.75) is 31.1 Å². The Morgan fingerprint density at radius 3 is 2.25 bits per heavy atom. The van der Waals surface area contributed by atoms with Crippen molar-refractivity contribution in [1.82, 2.24) is 4.98 Å². The maximum absolute atomic E-state index is 12.0. The number of fused-ring (bicyclic) bond motifs is 3. The van der Waals surface area contributed by atoms with E-state index in [2.05, 4.69) is 4.98 Å². The highest BCUT2D eigenvalue weighted by Crippen LogP contribution is 2.40. The fourth-order valence-electron chi connectivity index (χ4n) is 5.94. The Balaban J connectivity index is 1.26. The summed E-state index contributed by atoms with van der Waals surface area (Å²) < 4.78 is 13.7. The lowest BCUT2D eigenvalue weighted by Gasteiger charge is -2.51. The third-order valence-electron chi connectivity index (χ3n) is 7.86. The molecule has 0 saturated carbocycles. The van der Waals surface area contributed by atoms with Crippen molar-refractivity contribution < 1.29 is 18.7 Å². The van der Waals surface area contributed by atoms with Crippen LogP contribution in [0.15, 0.2) is 95.5 Å². The number of oxazole rings is 1. The summed E-state index contributed by atoms with van der Waals surface area (Å²) in [6.45, 7) is 3.85. The molecular weight excluding hydrogens is 472 g/mol. The Morgan fingerprint density at radius 1 is 0.944 bits per heavy atom. The molecule has 36 heavy (non-hydrogen) atoms. The maximum atomic E-state index is 12.0. The van der Waals surface area contributed by atoms with Crippen molar-refractivity contribution in [3.63, 3.8) is 0 Å². The molecule has 3 aliphatic heterocycles. The summed E-state index contributed by atoms with van der Waals surface area (Å²) in [6.07, 6.45) is 4.19. The molecule has 5 nitrogen and oxygen atoms in total. The summed E-state index contributed by atoms with van der Waals surface area (Å²) in [5.74, 6) is 2.48. The Morgan fingerprint density at radius 2 is 1.61 bits per heavy atom. The van der Waals surface area contributed by atoms with E-state index in [-0.39, 0.29) is 6.10 Å². The van der Waals surface area contributed by atoms with Crippen LogP contribution < -0.4 is 4.74 Å². The van der Waals surface area contributed by atoms with Gasteiger partial charge in [0.15, 0.2) is 17.5 Å². The van der Waals surface area contributed by atoms with Crippen molar-refractivity contribution in [2.75, 3.05) is 19.6 Å². The van der Waals surface area contributed by atoms with Gasteiger partial charge < -0.3 is 18.7 Å². The standard InChI is InChI=1S/C30H30ClN2O3/c31-25-12-7-13-26(18-25)35-28-21-33(16-14-22(28)15-17-33)20-27-19-32-29(36-27)30(34,23-8-3-1-4-9-23)24-10-5-2-6-11-24/h1-13,18-19,22,28,34H,14-17,20-21H2/q+1/t22?,28-,33?/m0/s1. The zero-order valence-electron chi connectivity index (χ0n) is 20.1. The highest BCUT2D eigenvalue weighted by molar-refractivity contribution is 6.30. The van der Waals surface area contributed by atoms with Gasteiger partial charge in [0.25, 0.3) is 0 Å². The minimum absolute atomic E-state index is 0.152. The second kappa shape index (κ2) is 9.40. The van der Waals surface area contributed by atoms with Gasteiger partial charge in [0.2, 0.25) is 5.89 Å². The van der Waals surface area contributed by atoms with Crippen LogP contribution in [-0.4, -0.2) is 40.3 Å². The first-order valence-corrected chi connectivity index (χ1v) is 13.0. The monoisotopic (exact) mass is 501 g/mol. The molecule has 0 unspecified atom stereocenters. The fraction of sp³-hybridized carbons (Fsp3) is 0.300. The smallest absolute Gasteiger partial charge is 0.236 e. The number of halogens is 1. The Labute approximate surface area is 216 Å². The number of benzene rings is 3. The van der Waals surface area contributed by atoms with Gasteiger partial charge in [-0.2, -0.15) is 0 Å². The lowest BCUT2D eigenvalue weighted by Crippen LogP contribution is -2.64. The van der Waals surface area contributed by atoms with E-state index in [9.17, 15) is 5.11 Å². The van der Waals surface area contributed by atoms with Gasteiger partial charge in [-0.25, -0.2) is 4.98 Å². The van der Waals surface area contributed by atoms with Crippen molar-refractivity contribution in [3.05, 3.63) is 119 Å². The normalized spacial score (nSPS) is 23.5. The third kappa shape index (κ3) is 4.32. The van der Waals surface area contributed by atoms with Gasteiger partial charge in [-0.1, -0.05) is 78.3 Å². The molecule has 4 heterocycles. The van der Waals surface area contributed by atoms with Crippen molar-refractivity contribution in [3.8, 4) is 5.75 Å². The average Bonchev–Trinajstić information content (AvgIpc) is 3.38. The van der Waals surface area contributed by atoms with Crippen LogP contribution in [-0.2, 0) is 12.1 Å². The predicted molar refractivity (Wildman–Crippen MR) is 139 cm³/mol. The molecule has 0 radical (unpaired) electrons. The highest BCUT2D eigenvalue weighted by atomic mass is 35.5. The van der Waals surface area contributed by atoms with E-state index in [1.165, 1.54) is 0 Å². The van der Waals surface area contributed by atoms with Gasteiger partial charge in [0.1, 0.15) is 18.8 Å². The van der Waals surface area contributed by atoms with Gasteiger partial charge in [0.05, 0.1) is 19.3 Å². The molecule has 1 N–H and O–H groups in total. The third-order valence-corrected chi connectivity index (χ3v) is 8.10. The van der Waals surface area contributed by atoms with E-state index in [4.69, 9.17) is 20.8 Å². The van der Waals surface area contributed by atoms with Crippen LogP contribution >= 0.6 is 11.6 Å². The minimum atomic E-state index is -1.46. The van der Waals surface area contributed by atoms with Crippen LogP contribution in [0, 0.1) is 5.92 Å². The lowest BCUT2D eigenvalue weighted by atomic mass is 9.83. The van der Waals surface area contributed by atoms with E-state index in [1.807, 2.05) is 84.9 Å². The number of piperidine rings is 3. The topological polar surface area (TPSA) is 55.5 Å². The molecule has 3 aliphatic rings. The fourth-order valence-corrected chi connectivity index (χ4v) is 6.12. The van der Waals surface area contributed by atoms with Crippen molar-refractivity contribution >= 4 is 11.6 Å². The molecular formula is C30H30ClN2O3+. The van der Waals surface area contributed by atoms with Gasteiger partial charge in [0, 0.05) is 23.8 Å². The second-order valence-electron chi connectivity index (χ2n) is 10.2. The Bertz CT molecular complexity index is 1280. The second-order valence-corrected chi connectivity index (χ2v) is 10.6. The molecule has 7 rings (SSSR count). The zero-order chi connectivity index (χ0) is 24.6. The molecule has 184 valence electrons. The number of ether oxygens (including phenoxy) is 1. The Kier molecular flexibility index (Phi) is 6.08. The number of hydrogen-bond acceptors (Lipinski definition) is 4. The first-order chi connectivity index (χ1) is 17.5. The van der Waals surface area contributed by atoms with Crippen LogP contribution in [0.4, 0.5) is 0 Å². The highest BCUT2D eigenvalue weighted by Gasteiger charge is 2.48. The van der Waals surface area contributed by atoms with Crippen LogP contribution in [0.5, 0.6) is 5.75 Å². The number of hydrogen-bond donors (Lipinski definition) is 1. The number of quaternary nitrogens is 1. The number of rotatable bonds is 7. The van der Waals surface area contributed by atoms with Crippen molar-refractivity contribution in [1.29, 1.82) is 0 Å². The predicted octanol–water partition coefficient (Wildman–Crippen LogP) is 5.80. The molecule has 1 atom stereocenters. The Hall–Kier alpha value is -3.12. The summed E-state index contributed by atoms with van der Waals surface area (Å²) in [7, 11) is 0. The van der Waals surface area contributed by atoms with E-state index in [0.717, 1.165) is 66.1 Å². The quantitative estimate of drug-likeness (QED) is 0.325. The summed E-state index contributed by atoms with van der Waals surface area (Å²) >= 11 is 6.18. The van der Waals surface area contributed by atoms with Gasteiger partial charge in [-0.3, -0.25) is 0 Å². The number of nitrogens with zero attached hydrogens (tertiary/aromatic N) is 2. The SMILES string of the molecule is OC(c1ccccc1)(c1ccccc1)c1ncc(C[N+]23CCC(CC2)[C@@H](Oc2cccc(Cl)c2)C3)o1. The van der Waals surface area contributed by atoms with Crippen LogP contribution in [0.25, 0.3) is 0 Å². The molecule has 1 aromatic heterocycles. The van der Waals surface area contributed by atoms with Gasteiger partial charge in [-0.15, -0.1) is 0 Å². The molecule has 0 amide bonds. The maximum Gasteiger partial charge on any atom is 0.236 e. The van der Waals surface area contributed by atoms with E-state index < -0.39 is 5.60 Å². The van der Waals surface area contributed by atoms with Crippen LogP contribution in [0.3, 0.4) is 0 Å². The van der Waals surface area contributed by atoms with Crippen LogP contribution in [0.1, 0.15) is 35.6 Å². The molecule has 0 aliphatic carbocycles. The molecule has 4 aromatic rings. The first-order valence-electron chi connectivity index (χ1n) is 12.6. The molecule has 0 spiro atoms. The van der Waals surface area contributed by atoms with Crippen molar-refractivity contribution in [2.24, 2.45) is 5.92 Å². The first kappa shape index (κ1) is 23.3. The zero-order valence-corrected chi connectivity index (χ0v) is 20.8. The lowest BCUT2D eigenvalue weighted by molar-refractivity contribution is -0.958. The largest absolute Gasteiger partial charge is 0.484 e. The molecule has 3 saturated heterocycles. The van der Waals surface area contributed by atoms with Gasteiger partial charge >= 0.3 is 0 Å². The van der Waals surface area contributed by atoms with E-state index >= 15 is 0 Å². The average molecular weight is 502 g/mol. The van der Waals surface area contributed by atoms with E-state index in [0.29, 0.717) is 16.8 Å². The van der Waals surface area contributed by atoms with E-state index in [1.54, 1.807) is 6.20 Å². The number of aromatic nitrogens is 1. The van der Waals surface area contributed by atoms with Gasteiger partial charge in [-0.05, 0) is 29.3 Å². The summed E-state index contributed by atoms with van der Waals surface area (Å²) in [4.78, 5) is 4.61. The minimum Gasteiger partial charge on any atom is -0.484 e. The van der Waals surface area contributed by atoms with Crippen LogP contribution in [0.2, 0.25) is 5.02 Å². The number of aliphatic hydroxyl groups is 1. The summed E-state index contributed by atoms with van der Waals surface area (Å²) in [5.41, 5.74) is -0.00993. The molecule has 6 heteroatoms. The summed E-state index contributed by atoms with van der Waals surface area (Å²) in [5, 5.41) is 12.7.